The minimum absolute atomic E-state index is 0.574. The van der Waals surface area contributed by atoms with Crippen LogP contribution < -0.4 is 0 Å². The zero-order valence-electron chi connectivity index (χ0n) is 4.46. The van der Waals surface area contributed by atoms with E-state index in [4.69, 9.17) is 5.11 Å². The van der Waals surface area contributed by atoms with E-state index in [9.17, 15) is 4.79 Å². The molecule has 0 saturated carbocycles. The molecule has 0 aromatic rings. The Kier molecular flexibility index (Phi) is 2.37. The number of carbonyl (C=O) groups is 1. The van der Waals surface area contributed by atoms with E-state index in [-0.39, 0.29) is 0 Å². The van der Waals surface area contributed by atoms with Crippen molar-refractivity contribution in [2.24, 2.45) is 0 Å². The Morgan fingerprint density at radius 3 is 2.29 bits per heavy atom. The monoisotopic (exact) mass is 103 g/mol. The zero-order chi connectivity index (χ0) is 5.86. The van der Waals surface area contributed by atoms with Crippen LogP contribution in [0.2, 0.25) is 0 Å². The third-order valence-corrected chi connectivity index (χ3v) is 0.756. The Morgan fingerprint density at radius 2 is 2.29 bits per heavy atom. The molecule has 0 aliphatic heterocycles. The van der Waals surface area contributed by atoms with Crippen molar-refractivity contribution in [2.75, 3.05) is 7.05 Å². The average molecular weight is 103 g/mol. The SMILES string of the molecule is CC(O)N(C)C=O. The number of hydrogen-bond acceptors (Lipinski definition) is 2. The minimum Gasteiger partial charge on any atom is -0.374 e. The molecule has 0 saturated heterocycles. The lowest BCUT2D eigenvalue weighted by Gasteiger charge is -2.12. The Balaban J connectivity index is 3.33. The highest BCUT2D eigenvalue weighted by molar-refractivity contribution is 5.46. The van der Waals surface area contributed by atoms with Gasteiger partial charge in [0.2, 0.25) is 6.41 Å². The third kappa shape index (κ3) is 2.17. The summed E-state index contributed by atoms with van der Waals surface area (Å²) < 4.78 is 0. The molecule has 0 heterocycles. The highest BCUT2D eigenvalue weighted by atomic mass is 16.3. The molecule has 0 aromatic carbocycles. The van der Waals surface area contributed by atoms with Crippen molar-refractivity contribution in [2.45, 2.75) is 13.2 Å². The van der Waals surface area contributed by atoms with Crippen molar-refractivity contribution < 1.29 is 9.90 Å². The first-order chi connectivity index (χ1) is 3.18. The van der Waals surface area contributed by atoms with E-state index in [0.29, 0.717) is 6.41 Å². The Bertz CT molecular complexity index is 62.7. The number of nitrogens with zero attached hydrogens (tertiary/aromatic N) is 1. The second-order valence-electron chi connectivity index (χ2n) is 1.40. The van der Waals surface area contributed by atoms with Gasteiger partial charge in [0.1, 0.15) is 6.23 Å². The molecule has 1 unspecified atom stereocenters. The molecule has 0 radical (unpaired) electrons. The fourth-order valence-corrected chi connectivity index (χ4v) is 0.0881. The van der Waals surface area contributed by atoms with E-state index in [1.165, 1.54) is 18.9 Å². The molecule has 3 nitrogen and oxygen atoms in total. The molecule has 7 heavy (non-hydrogen) atoms. The van der Waals surface area contributed by atoms with Crippen LogP contribution in [-0.2, 0) is 4.79 Å². The van der Waals surface area contributed by atoms with Gasteiger partial charge < -0.3 is 10.0 Å². The van der Waals surface area contributed by atoms with Gasteiger partial charge in [0.05, 0.1) is 0 Å². The minimum atomic E-state index is -0.669. The fraction of sp³-hybridized carbons (Fsp3) is 0.750. The zero-order valence-corrected chi connectivity index (χ0v) is 4.46. The third-order valence-electron chi connectivity index (χ3n) is 0.756. The summed E-state index contributed by atoms with van der Waals surface area (Å²) >= 11 is 0. The predicted molar refractivity (Wildman–Crippen MR) is 25.5 cm³/mol. The number of hydrogen-bond donors (Lipinski definition) is 1. The average Bonchev–Trinajstić information content (AvgIpc) is 1.65. The van der Waals surface area contributed by atoms with Crippen LogP contribution in [0, 0.1) is 0 Å². The molecule has 1 atom stereocenters. The molecular formula is C4H9NO2. The van der Waals surface area contributed by atoms with E-state index < -0.39 is 6.23 Å². The Morgan fingerprint density at radius 1 is 1.86 bits per heavy atom. The van der Waals surface area contributed by atoms with Crippen LogP contribution in [0.25, 0.3) is 0 Å². The van der Waals surface area contributed by atoms with E-state index in [1.54, 1.807) is 0 Å². The number of rotatable bonds is 2. The maximum atomic E-state index is 9.71. The van der Waals surface area contributed by atoms with Crippen molar-refractivity contribution in [1.82, 2.24) is 4.90 Å². The van der Waals surface area contributed by atoms with Crippen molar-refractivity contribution in [3.05, 3.63) is 0 Å². The lowest BCUT2D eigenvalue weighted by molar-refractivity contribution is -0.124. The molecule has 0 fully saturated rings. The highest BCUT2D eigenvalue weighted by Crippen LogP contribution is 1.81. The van der Waals surface area contributed by atoms with Gasteiger partial charge in [-0.1, -0.05) is 0 Å². The van der Waals surface area contributed by atoms with Crippen LogP contribution in [-0.4, -0.2) is 29.7 Å². The lowest BCUT2D eigenvalue weighted by atomic mass is 10.6. The molecule has 0 rings (SSSR count). The van der Waals surface area contributed by atoms with Crippen molar-refractivity contribution in [3.8, 4) is 0 Å². The van der Waals surface area contributed by atoms with Crippen molar-refractivity contribution in [1.29, 1.82) is 0 Å². The van der Waals surface area contributed by atoms with Crippen LogP contribution in [0.3, 0.4) is 0 Å². The second kappa shape index (κ2) is 2.58. The van der Waals surface area contributed by atoms with Gasteiger partial charge in [0.25, 0.3) is 0 Å². The summed E-state index contributed by atoms with van der Waals surface area (Å²) in [6, 6.07) is 0. The molecule has 42 valence electrons. The van der Waals surface area contributed by atoms with Gasteiger partial charge in [-0.3, -0.25) is 4.79 Å². The van der Waals surface area contributed by atoms with E-state index in [0.717, 1.165) is 0 Å². The number of aliphatic hydroxyl groups is 1. The number of aliphatic hydroxyl groups excluding tert-OH is 1. The van der Waals surface area contributed by atoms with Gasteiger partial charge >= 0.3 is 0 Å². The molecule has 1 amide bonds. The van der Waals surface area contributed by atoms with Crippen LogP contribution in [0.15, 0.2) is 0 Å². The first-order valence-corrected chi connectivity index (χ1v) is 2.03. The molecule has 1 N–H and O–H groups in total. The van der Waals surface area contributed by atoms with Crippen molar-refractivity contribution >= 4 is 6.41 Å². The fourth-order valence-electron chi connectivity index (χ4n) is 0.0881. The lowest BCUT2D eigenvalue weighted by Crippen LogP contribution is -2.26. The standard InChI is InChI=1S/C4H9NO2/c1-4(7)5(2)3-6/h3-4,7H,1-2H3. The summed E-state index contributed by atoms with van der Waals surface area (Å²) in [6.45, 7) is 1.52. The number of amides is 1. The Hall–Kier alpha value is -0.570. The van der Waals surface area contributed by atoms with Crippen LogP contribution in [0.1, 0.15) is 6.92 Å². The molecule has 0 aliphatic rings. The molecule has 3 heteroatoms. The van der Waals surface area contributed by atoms with Crippen LogP contribution in [0.4, 0.5) is 0 Å². The molecule has 0 spiro atoms. The van der Waals surface area contributed by atoms with Gasteiger partial charge in [-0.15, -0.1) is 0 Å². The summed E-state index contributed by atoms with van der Waals surface area (Å²) in [5, 5.41) is 8.52. The number of carbonyl (C=O) groups excluding carboxylic acids is 1. The molecule has 0 aromatic heterocycles. The molecule has 0 bridgehead atoms. The molecule has 0 aliphatic carbocycles. The Labute approximate surface area is 42.5 Å². The van der Waals surface area contributed by atoms with E-state index in [1.807, 2.05) is 0 Å². The maximum absolute atomic E-state index is 9.71. The normalized spacial score (nSPS) is 13.0. The molecular weight excluding hydrogens is 94.0 g/mol. The summed E-state index contributed by atoms with van der Waals surface area (Å²) in [5.74, 6) is 0. The van der Waals surface area contributed by atoms with Gasteiger partial charge in [0, 0.05) is 7.05 Å². The largest absolute Gasteiger partial charge is 0.374 e. The predicted octanol–water partition coefficient (Wildman–Crippen LogP) is -0.587. The van der Waals surface area contributed by atoms with Gasteiger partial charge in [-0.05, 0) is 6.92 Å². The first-order valence-electron chi connectivity index (χ1n) is 2.03. The van der Waals surface area contributed by atoms with Gasteiger partial charge in [-0.2, -0.15) is 0 Å². The van der Waals surface area contributed by atoms with Crippen LogP contribution >= 0.6 is 0 Å². The first kappa shape index (κ1) is 6.43. The smallest absolute Gasteiger partial charge is 0.211 e. The summed E-state index contributed by atoms with van der Waals surface area (Å²) in [5.41, 5.74) is 0. The van der Waals surface area contributed by atoms with Crippen molar-refractivity contribution in [3.63, 3.8) is 0 Å². The quantitative estimate of drug-likeness (QED) is 0.375. The van der Waals surface area contributed by atoms with E-state index in [2.05, 4.69) is 0 Å². The second-order valence-corrected chi connectivity index (χ2v) is 1.40. The van der Waals surface area contributed by atoms with Gasteiger partial charge in [0.15, 0.2) is 0 Å². The topological polar surface area (TPSA) is 40.5 Å². The van der Waals surface area contributed by atoms with Gasteiger partial charge in [-0.25, -0.2) is 0 Å². The van der Waals surface area contributed by atoms with Crippen LogP contribution in [0.5, 0.6) is 0 Å². The highest BCUT2D eigenvalue weighted by Gasteiger charge is 1.96. The maximum Gasteiger partial charge on any atom is 0.211 e. The summed E-state index contributed by atoms with van der Waals surface area (Å²) in [6.07, 6.45) is -0.0949. The summed E-state index contributed by atoms with van der Waals surface area (Å²) in [7, 11) is 1.51. The van der Waals surface area contributed by atoms with E-state index >= 15 is 0 Å². The summed E-state index contributed by atoms with van der Waals surface area (Å²) in [4.78, 5) is 10.9.